The van der Waals surface area contributed by atoms with E-state index < -0.39 is 18.0 Å². The van der Waals surface area contributed by atoms with E-state index >= 15 is 0 Å². The Hall–Kier alpha value is -2.21. The van der Waals surface area contributed by atoms with Crippen molar-refractivity contribution in [2.45, 2.75) is 37.8 Å². The van der Waals surface area contributed by atoms with Gasteiger partial charge in [0.05, 0.1) is 6.04 Å². The number of hydrogen-bond donors (Lipinski definition) is 3. The van der Waals surface area contributed by atoms with Gasteiger partial charge >= 0.3 is 0 Å². The number of piperidine rings is 1. The third-order valence-corrected chi connectivity index (χ3v) is 3.48. The normalized spacial score (nSPS) is 19.8. The van der Waals surface area contributed by atoms with Gasteiger partial charge in [0.2, 0.25) is 17.7 Å². The van der Waals surface area contributed by atoms with Crippen LogP contribution in [0.4, 0.5) is 0 Å². The molecule has 1 aliphatic rings. The van der Waals surface area contributed by atoms with Gasteiger partial charge in [-0.2, -0.15) is 0 Å². The lowest BCUT2D eigenvalue weighted by Crippen LogP contribution is -2.55. The molecule has 0 bridgehead atoms. The molecule has 0 spiro atoms. The van der Waals surface area contributed by atoms with Crippen molar-refractivity contribution in [3.63, 3.8) is 0 Å². The number of amides is 3. The summed E-state index contributed by atoms with van der Waals surface area (Å²) in [5, 5.41) is 4.80. The first-order valence-corrected chi connectivity index (χ1v) is 7.00. The van der Waals surface area contributed by atoms with Crippen LogP contribution in [0.15, 0.2) is 30.3 Å². The molecule has 112 valence electrons. The van der Waals surface area contributed by atoms with Gasteiger partial charge in [0.25, 0.3) is 0 Å². The summed E-state index contributed by atoms with van der Waals surface area (Å²) >= 11 is 0. The summed E-state index contributed by atoms with van der Waals surface area (Å²) in [6, 6.07) is 8.41. The van der Waals surface area contributed by atoms with Crippen molar-refractivity contribution >= 4 is 17.7 Å². The highest BCUT2D eigenvalue weighted by atomic mass is 16.2. The Morgan fingerprint density at radius 2 is 2.05 bits per heavy atom. The maximum atomic E-state index is 12.0. The van der Waals surface area contributed by atoms with Crippen LogP contribution in [-0.4, -0.2) is 29.8 Å². The standard InChI is InChI=1S/C15H19N3O3/c16-11(7-6-10-4-2-1-3-5-10)14(20)17-12-8-9-13(19)18-15(12)21/h1-5,11-12H,6-9,16H2,(H,17,20)(H,18,19,21). The molecule has 6 nitrogen and oxygen atoms in total. The second-order valence-corrected chi connectivity index (χ2v) is 5.14. The van der Waals surface area contributed by atoms with E-state index in [0.29, 0.717) is 19.3 Å². The molecule has 6 heteroatoms. The second-order valence-electron chi connectivity index (χ2n) is 5.14. The number of carbonyl (C=O) groups is 3. The first kappa shape index (κ1) is 15.2. The first-order valence-electron chi connectivity index (χ1n) is 7.00. The molecule has 1 fully saturated rings. The molecule has 1 heterocycles. The highest BCUT2D eigenvalue weighted by Gasteiger charge is 2.29. The topological polar surface area (TPSA) is 101 Å². The first-order chi connectivity index (χ1) is 10.1. The quantitative estimate of drug-likeness (QED) is 0.657. The fraction of sp³-hybridized carbons (Fsp3) is 0.400. The van der Waals surface area contributed by atoms with Crippen LogP contribution >= 0.6 is 0 Å². The number of imide groups is 1. The number of hydrogen-bond acceptors (Lipinski definition) is 4. The Morgan fingerprint density at radius 1 is 1.33 bits per heavy atom. The molecular formula is C15H19N3O3. The monoisotopic (exact) mass is 289 g/mol. The second kappa shape index (κ2) is 6.99. The van der Waals surface area contributed by atoms with Gasteiger partial charge in [0, 0.05) is 6.42 Å². The predicted molar refractivity (Wildman–Crippen MR) is 77.1 cm³/mol. The molecule has 0 aliphatic carbocycles. The SMILES string of the molecule is NC(CCc1ccccc1)C(=O)NC1CCC(=O)NC1=O. The average molecular weight is 289 g/mol. The lowest BCUT2D eigenvalue weighted by molar-refractivity contribution is -0.137. The molecule has 2 unspecified atom stereocenters. The Kier molecular flexibility index (Phi) is 5.05. The predicted octanol–water partition coefficient (Wildman–Crippen LogP) is -0.132. The molecule has 4 N–H and O–H groups in total. The fourth-order valence-electron chi connectivity index (χ4n) is 2.21. The minimum absolute atomic E-state index is 0.232. The van der Waals surface area contributed by atoms with E-state index in [1.54, 1.807) is 0 Å². The van der Waals surface area contributed by atoms with Crippen LogP contribution in [-0.2, 0) is 20.8 Å². The zero-order valence-electron chi connectivity index (χ0n) is 11.7. The lowest BCUT2D eigenvalue weighted by Gasteiger charge is -2.23. The van der Waals surface area contributed by atoms with Crippen LogP contribution < -0.4 is 16.4 Å². The number of nitrogens with two attached hydrogens (primary N) is 1. The Labute approximate surface area is 123 Å². The van der Waals surface area contributed by atoms with Crippen LogP contribution in [0.25, 0.3) is 0 Å². The maximum Gasteiger partial charge on any atom is 0.249 e. The largest absolute Gasteiger partial charge is 0.343 e. The van der Waals surface area contributed by atoms with Gasteiger partial charge in [0.15, 0.2) is 0 Å². The van der Waals surface area contributed by atoms with Gasteiger partial charge in [-0.05, 0) is 24.8 Å². The van der Waals surface area contributed by atoms with Crippen molar-refractivity contribution in [3.8, 4) is 0 Å². The molecule has 2 atom stereocenters. The summed E-state index contributed by atoms with van der Waals surface area (Å²) in [5.74, 6) is -1.13. The van der Waals surface area contributed by atoms with Gasteiger partial charge in [-0.15, -0.1) is 0 Å². The molecular weight excluding hydrogens is 270 g/mol. The Morgan fingerprint density at radius 3 is 2.71 bits per heavy atom. The summed E-state index contributed by atoms with van der Waals surface area (Å²) in [6.07, 6.45) is 1.76. The lowest BCUT2D eigenvalue weighted by atomic mass is 10.0. The fourth-order valence-corrected chi connectivity index (χ4v) is 2.21. The molecule has 0 saturated carbocycles. The summed E-state index contributed by atoms with van der Waals surface area (Å²) < 4.78 is 0. The molecule has 2 rings (SSSR count). The Bertz CT molecular complexity index is 530. The molecule has 1 aliphatic heterocycles. The molecule has 0 aromatic heterocycles. The van der Waals surface area contributed by atoms with Crippen molar-refractivity contribution in [2.75, 3.05) is 0 Å². The average Bonchev–Trinajstić information content (AvgIpc) is 2.48. The third-order valence-electron chi connectivity index (χ3n) is 3.48. The number of benzene rings is 1. The number of nitrogens with one attached hydrogen (secondary N) is 2. The van der Waals surface area contributed by atoms with Gasteiger partial charge in [-0.3, -0.25) is 19.7 Å². The van der Waals surface area contributed by atoms with E-state index in [0.717, 1.165) is 5.56 Å². The van der Waals surface area contributed by atoms with Crippen LogP contribution in [0.2, 0.25) is 0 Å². The van der Waals surface area contributed by atoms with E-state index in [1.807, 2.05) is 30.3 Å². The highest BCUT2D eigenvalue weighted by Crippen LogP contribution is 2.07. The summed E-state index contributed by atoms with van der Waals surface area (Å²) in [7, 11) is 0. The van der Waals surface area contributed by atoms with Crippen molar-refractivity contribution in [3.05, 3.63) is 35.9 Å². The molecule has 1 aromatic rings. The molecule has 3 amide bonds. The molecule has 0 radical (unpaired) electrons. The maximum absolute atomic E-state index is 12.0. The smallest absolute Gasteiger partial charge is 0.249 e. The van der Waals surface area contributed by atoms with Crippen molar-refractivity contribution in [2.24, 2.45) is 5.73 Å². The summed E-state index contributed by atoms with van der Waals surface area (Å²) in [5.41, 5.74) is 6.96. The van der Waals surface area contributed by atoms with Crippen LogP contribution in [0, 0.1) is 0 Å². The van der Waals surface area contributed by atoms with Crippen LogP contribution in [0.3, 0.4) is 0 Å². The van der Waals surface area contributed by atoms with E-state index in [9.17, 15) is 14.4 Å². The zero-order valence-corrected chi connectivity index (χ0v) is 11.7. The van der Waals surface area contributed by atoms with Crippen LogP contribution in [0.1, 0.15) is 24.8 Å². The number of rotatable bonds is 5. The van der Waals surface area contributed by atoms with E-state index in [1.165, 1.54) is 0 Å². The van der Waals surface area contributed by atoms with E-state index in [2.05, 4.69) is 10.6 Å². The zero-order chi connectivity index (χ0) is 15.2. The van der Waals surface area contributed by atoms with Crippen LogP contribution in [0.5, 0.6) is 0 Å². The number of aryl methyl sites for hydroxylation is 1. The van der Waals surface area contributed by atoms with Gasteiger partial charge in [0.1, 0.15) is 6.04 Å². The van der Waals surface area contributed by atoms with Crippen molar-refractivity contribution < 1.29 is 14.4 Å². The van der Waals surface area contributed by atoms with Gasteiger partial charge < -0.3 is 11.1 Å². The summed E-state index contributed by atoms with van der Waals surface area (Å²) in [6.45, 7) is 0. The molecule has 1 saturated heterocycles. The van der Waals surface area contributed by atoms with Gasteiger partial charge in [-0.25, -0.2) is 0 Å². The Balaban J connectivity index is 1.80. The number of carbonyl (C=O) groups excluding carboxylic acids is 3. The molecule has 21 heavy (non-hydrogen) atoms. The molecule has 1 aromatic carbocycles. The minimum atomic E-state index is -0.671. The van der Waals surface area contributed by atoms with E-state index in [-0.39, 0.29) is 18.2 Å². The van der Waals surface area contributed by atoms with E-state index in [4.69, 9.17) is 5.73 Å². The summed E-state index contributed by atoms with van der Waals surface area (Å²) in [4.78, 5) is 34.5. The highest BCUT2D eigenvalue weighted by molar-refractivity contribution is 6.01. The van der Waals surface area contributed by atoms with Crippen molar-refractivity contribution in [1.29, 1.82) is 0 Å². The third kappa shape index (κ3) is 4.39. The van der Waals surface area contributed by atoms with Crippen molar-refractivity contribution in [1.82, 2.24) is 10.6 Å². The minimum Gasteiger partial charge on any atom is -0.343 e. The van der Waals surface area contributed by atoms with Gasteiger partial charge in [-0.1, -0.05) is 30.3 Å².